The molecule has 4 rings (SSSR count). The van der Waals surface area contributed by atoms with Crippen molar-refractivity contribution in [3.05, 3.63) is 22.8 Å². The predicted octanol–water partition coefficient (Wildman–Crippen LogP) is 2.35. The molecule has 3 fully saturated rings. The van der Waals surface area contributed by atoms with Crippen molar-refractivity contribution in [2.24, 2.45) is 0 Å². The van der Waals surface area contributed by atoms with Crippen LogP contribution in [-0.4, -0.2) is 36.3 Å². The number of halogens is 1. The van der Waals surface area contributed by atoms with Gasteiger partial charge in [0, 0.05) is 31.9 Å². The van der Waals surface area contributed by atoms with Crippen LogP contribution in [0.3, 0.4) is 0 Å². The van der Waals surface area contributed by atoms with Crippen LogP contribution >= 0.6 is 11.6 Å². The summed E-state index contributed by atoms with van der Waals surface area (Å²) in [5.74, 6) is 1.04. The zero-order chi connectivity index (χ0) is 13.5. The molecule has 3 heterocycles. The summed E-state index contributed by atoms with van der Waals surface area (Å²) in [5, 5.41) is 4.28. The molecule has 2 aliphatic heterocycles. The molecule has 0 aromatic carbocycles. The van der Waals surface area contributed by atoms with Crippen LogP contribution in [0.2, 0.25) is 5.02 Å². The minimum absolute atomic E-state index is 0.388. The topological polar surface area (TPSA) is 37.4 Å². The molecule has 1 N–H and O–H groups in total. The highest BCUT2D eigenvalue weighted by Crippen LogP contribution is 2.30. The van der Waals surface area contributed by atoms with E-state index in [1.165, 1.54) is 25.7 Å². The molecular weight excluding hydrogens is 274 g/mol. The summed E-state index contributed by atoms with van der Waals surface area (Å²) < 4.78 is 5.88. The number of rotatable bonds is 4. The van der Waals surface area contributed by atoms with E-state index in [1.807, 2.05) is 0 Å². The molecule has 20 heavy (non-hydrogen) atoms. The van der Waals surface area contributed by atoms with Crippen molar-refractivity contribution < 1.29 is 4.74 Å². The van der Waals surface area contributed by atoms with E-state index < -0.39 is 0 Å². The smallest absolute Gasteiger partial charge is 0.129 e. The first-order valence-corrected chi connectivity index (χ1v) is 7.94. The third-order valence-corrected chi connectivity index (χ3v) is 4.79. The highest BCUT2D eigenvalue weighted by molar-refractivity contribution is 6.31. The van der Waals surface area contributed by atoms with Crippen LogP contribution in [0.15, 0.2) is 12.3 Å². The largest absolute Gasteiger partial charge is 0.371 e. The SMILES string of the molecule is Clc1cnc(N2CC3CCC(C2)O3)cc1CNC1CC1. The maximum atomic E-state index is 6.26. The van der Waals surface area contributed by atoms with Crippen LogP contribution in [0, 0.1) is 0 Å². The Bertz CT molecular complexity index is 494. The second-order valence-electron chi connectivity index (χ2n) is 6.15. The second-order valence-corrected chi connectivity index (χ2v) is 6.56. The summed E-state index contributed by atoms with van der Waals surface area (Å²) in [6, 6.07) is 2.84. The lowest BCUT2D eigenvalue weighted by atomic mass is 10.2. The van der Waals surface area contributed by atoms with Gasteiger partial charge in [-0.3, -0.25) is 0 Å². The summed E-state index contributed by atoms with van der Waals surface area (Å²) >= 11 is 6.26. The average Bonchev–Trinajstić information content (AvgIpc) is 3.23. The lowest BCUT2D eigenvalue weighted by Gasteiger charge is -2.33. The van der Waals surface area contributed by atoms with Gasteiger partial charge in [0.15, 0.2) is 0 Å². The van der Waals surface area contributed by atoms with E-state index in [0.29, 0.717) is 18.2 Å². The summed E-state index contributed by atoms with van der Waals surface area (Å²) in [6.45, 7) is 2.76. The lowest BCUT2D eigenvalue weighted by molar-refractivity contribution is 0.0302. The predicted molar refractivity (Wildman–Crippen MR) is 79.2 cm³/mol. The highest BCUT2D eigenvalue weighted by atomic mass is 35.5. The van der Waals surface area contributed by atoms with E-state index in [2.05, 4.69) is 21.3 Å². The first-order valence-electron chi connectivity index (χ1n) is 7.56. The Morgan fingerprint density at radius 2 is 2.00 bits per heavy atom. The van der Waals surface area contributed by atoms with E-state index in [4.69, 9.17) is 16.3 Å². The van der Waals surface area contributed by atoms with E-state index in [1.54, 1.807) is 6.20 Å². The second kappa shape index (κ2) is 5.17. The average molecular weight is 294 g/mol. The van der Waals surface area contributed by atoms with Crippen LogP contribution in [-0.2, 0) is 11.3 Å². The minimum atomic E-state index is 0.388. The minimum Gasteiger partial charge on any atom is -0.371 e. The first kappa shape index (κ1) is 12.9. The molecule has 3 aliphatic rings. The molecule has 0 radical (unpaired) electrons. The molecule has 2 saturated heterocycles. The monoisotopic (exact) mass is 293 g/mol. The van der Waals surface area contributed by atoms with Gasteiger partial charge in [0.1, 0.15) is 5.82 Å². The fourth-order valence-electron chi connectivity index (χ4n) is 3.12. The Morgan fingerprint density at radius 1 is 1.25 bits per heavy atom. The number of ether oxygens (including phenoxy) is 1. The molecule has 1 aromatic heterocycles. The summed E-state index contributed by atoms with van der Waals surface area (Å²) in [4.78, 5) is 6.86. The number of hydrogen-bond donors (Lipinski definition) is 1. The van der Waals surface area contributed by atoms with Crippen LogP contribution < -0.4 is 10.2 Å². The quantitative estimate of drug-likeness (QED) is 0.925. The number of fused-ring (bicyclic) bond motifs is 2. The molecule has 1 aliphatic carbocycles. The Balaban J connectivity index is 1.50. The maximum Gasteiger partial charge on any atom is 0.129 e. The Hall–Kier alpha value is -0.840. The van der Waals surface area contributed by atoms with E-state index in [-0.39, 0.29) is 0 Å². The van der Waals surface area contributed by atoms with Gasteiger partial charge in [-0.25, -0.2) is 4.98 Å². The standard InChI is InChI=1S/C15H20ClN3O/c16-14-7-18-15(5-10(14)6-17-11-1-2-11)19-8-12-3-4-13(9-19)20-12/h5,7,11-13,17H,1-4,6,8-9H2. The normalized spacial score (nSPS) is 28.9. The Morgan fingerprint density at radius 3 is 2.70 bits per heavy atom. The van der Waals surface area contributed by atoms with Crippen molar-refractivity contribution in [1.82, 2.24) is 10.3 Å². The van der Waals surface area contributed by atoms with Crippen LogP contribution in [0.25, 0.3) is 0 Å². The molecule has 0 amide bonds. The number of morpholine rings is 1. The van der Waals surface area contributed by atoms with Crippen molar-refractivity contribution in [2.75, 3.05) is 18.0 Å². The van der Waals surface area contributed by atoms with Gasteiger partial charge >= 0.3 is 0 Å². The molecule has 0 spiro atoms. The molecule has 1 aromatic rings. The molecule has 2 unspecified atom stereocenters. The number of pyridine rings is 1. The molecule has 108 valence electrons. The number of hydrogen-bond acceptors (Lipinski definition) is 4. The van der Waals surface area contributed by atoms with Gasteiger partial charge in [0.05, 0.1) is 17.2 Å². The van der Waals surface area contributed by atoms with Crippen molar-refractivity contribution in [2.45, 2.75) is 50.5 Å². The molecule has 4 nitrogen and oxygen atoms in total. The molecule has 1 saturated carbocycles. The maximum absolute atomic E-state index is 6.26. The highest BCUT2D eigenvalue weighted by Gasteiger charge is 2.34. The summed E-state index contributed by atoms with van der Waals surface area (Å²) in [6.07, 6.45) is 7.53. The lowest BCUT2D eigenvalue weighted by Crippen LogP contribution is -2.43. The zero-order valence-electron chi connectivity index (χ0n) is 11.5. The number of nitrogens with zero attached hydrogens (tertiary/aromatic N) is 2. The molecular formula is C15H20ClN3O. The van der Waals surface area contributed by atoms with Crippen LogP contribution in [0.4, 0.5) is 5.82 Å². The summed E-state index contributed by atoms with van der Waals surface area (Å²) in [7, 11) is 0. The number of aromatic nitrogens is 1. The van der Waals surface area contributed by atoms with Crippen molar-refractivity contribution >= 4 is 17.4 Å². The Kier molecular flexibility index (Phi) is 3.33. The van der Waals surface area contributed by atoms with Gasteiger partial charge < -0.3 is 15.0 Å². The van der Waals surface area contributed by atoms with Gasteiger partial charge in [0.2, 0.25) is 0 Å². The van der Waals surface area contributed by atoms with E-state index in [0.717, 1.165) is 36.0 Å². The summed E-state index contributed by atoms with van der Waals surface area (Å²) in [5.41, 5.74) is 1.16. The first-order chi connectivity index (χ1) is 9.78. The van der Waals surface area contributed by atoms with Crippen LogP contribution in [0.5, 0.6) is 0 Å². The molecule has 2 bridgehead atoms. The van der Waals surface area contributed by atoms with Gasteiger partial charge in [-0.05, 0) is 37.3 Å². The van der Waals surface area contributed by atoms with Gasteiger partial charge in [-0.15, -0.1) is 0 Å². The fraction of sp³-hybridized carbons (Fsp3) is 0.667. The number of nitrogens with one attached hydrogen (secondary N) is 1. The molecule has 5 heteroatoms. The fourth-order valence-corrected chi connectivity index (χ4v) is 3.29. The molecule has 2 atom stereocenters. The third kappa shape index (κ3) is 2.65. The van der Waals surface area contributed by atoms with Gasteiger partial charge in [-0.1, -0.05) is 11.6 Å². The van der Waals surface area contributed by atoms with Crippen molar-refractivity contribution in [3.8, 4) is 0 Å². The van der Waals surface area contributed by atoms with Gasteiger partial charge in [0.25, 0.3) is 0 Å². The van der Waals surface area contributed by atoms with E-state index in [9.17, 15) is 0 Å². The number of anilines is 1. The Labute approximate surface area is 124 Å². The van der Waals surface area contributed by atoms with Crippen LogP contribution in [0.1, 0.15) is 31.2 Å². The third-order valence-electron chi connectivity index (χ3n) is 4.45. The van der Waals surface area contributed by atoms with Crippen molar-refractivity contribution in [1.29, 1.82) is 0 Å². The zero-order valence-corrected chi connectivity index (χ0v) is 12.3. The van der Waals surface area contributed by atoms with E-state index >= 15 is 0 Å². The van der Waals surface area contributed by atoms with Gasteiger partial charge in [-0.2, -0.15) is 0 Å². The van der Waals surface area contributed by atoms with Crippen molar-refractivity contribution in [3.63, 3.8) is 0 Å².